The monoisotopic (exact) mass is 300 g/mol. The lowest BCUT2D eigenvalue weighted by Gasteiger charge is -2.30. The number of rotatable bonds is 3. The van der Waals surface area contributed by atoms with Gasteiger partial charge in [-0.05, 0) is 19.1 Å². The van der Waals surface area contributed by atoms with Gasteiger partial charge in [0.15, 0.2) is 0 Å². The fourth-order valence-electron chi connectivity index (χ4n) is 1.96. The zero-order valence-electron chi connectivity index (χ0n) is 10.6. The SMILES string of the molecule is CC1CN(S(=O)(=O)c2cccc(C(N)=S)c2)CCO1. The minimum atomic E-state index is -3.51. The smallest absolute Gasteiger partial charge is 0.243 e. The summed E-state index contributed by atoms with van der Waals surface area (Å²) in [6.07, 6.45) is -0.0951. The number of benzene rings is 1. The first-order valence-corrected chi connectivity index (χ1v) is 7.77. The molecule has 2 rings (SSSR count). The van der Waals surface area contributed by atoms with E-state index < -0.39 is 10.0 Å². The van der Waals surface area contributed by atoms with Crippen LogP contribution in [0.2, 0.25) is 0 Å². The van der Waals surface area contributed by atoms with Gasteiger partial charge in [-0.15, -0.1) is 0 Å². The number of nitrogens with two attached hydrogens (primary N) is 1. The molecule has 1 saturated heterocycles. The summed E-state index contributed by atoms with van der Waals surface area (Å²) in [7, 11) is -3.51. The first-order chi connectivity index (χ1) is 8.91. The molecule has 1 heterocycles. The van der Waals surface area contributed by atoms with E-state index in [-0.39, 0.29) is 16.0 Å². The molecule has 7 heteroatoms. The van der Waals surface area contributed by atoms with Crippen LogP contribution in [0.5, 0.6) is 0 Å². The molecule has 1 atom stereocenters. The Kier molecular flexibility index (Phi) is 4.19. The second-order valence-corrected chi connectivity index (χ2v) is 6.81. The van der Waals surface area contributed by atoms with Crippen LogP contribution in [0.25, 0.3) is 0 Å². The lowest BCUT2D eigenvalue weighted by Crippen LogP contribution is -2.44. The highest BCUT2D eigenvalue weighted by atomic mass is 32.2. The van der Waals surface area contributed by atoms with Crippen LogP contribution in [0.15, 0.2) is 29.2 Å². The Labute approximate surface area is 118 Å². The highest BCUT2D eigenvalue weighted by molar-refractivity contribution is 7.89. The molecular weight excluding hydrogens is 284 g/mol. The quantitative estimate of drug-likeness (QED) is 0.833. The number of thiocarbonyl (C=S) groups is 1. The summed E-state index contributed by atoms with van der Waals surface area (Å²) in [6, 6.07) is 6.41. The van der Waals surface area contributed by atoms with Crippen molar-refractivity contribution in [3.63, 3.8) is 0 Å². The number of sulfonamides is 1. The van der Waals surface area contributed by atoms with E-state index in [1.54, 1.807) is 18.2 Å². The number of hydrogen-bond donors (Lipinski definition) is 1. The van der Waals surface area contributed by atoms with E-state index >= 15 is 0 Å². The maximum Gasteiger partial charge on any atom is 0.243 e. The zero-order valence-corrected chi connectivity index (χ0v) is 12.2. The van der Waals surface area contributed by atoms with E-state index in [9.17, 15) is 8.42 Å². The predicted molar refractivity (Wildman–Crippen MR) is 76.5 cm³/mol. The van der Waals surface area contributed by atoms with Gasteiger partial charge in [-0.1, -0.05) is 24.4 Å². The van der Waals surface area contributed by atoms with Crippen LogP contribution in [0.3, 0.4) is 0 Å². The molecule has 0 aromatic heterocycles. The highest BCUT2D eigenvalue weighted by Crippen LogP contribution is 2.19. The Bertz CT molecular complexity index is 586. The molecule has 2 N–H and O–H groups in total. The maximum atomic E-state index is 12.5. The normalized spacial score (nSPS) is 21.2. The van der Waals surface area contributed by atoms with Crippen molar-refractivity contribution in [1.29, 1.82) is 0 Å². The average molecular weight is 300 g/mol. The summed E-state index contributed by atoms with van der Waals surface area (Å²) in [5.74, 6) is 0. The number of hydrogen-bond acceptors (Lipinski definition) is 4. The first kappa shape index (κ1) is 14.4. The van der Waals surface area contributed by atoms with Gasteiger partial charge in [-0.2, -0.15) is 4.31 Å². The van der Waals surface area contributed by atoms with Gasteiger partial charge in [-0.3, -0.25) is 0 Å². The Morgan fingerprint density at radius 3 is 2.89 bits per heavy atom. The van der Waals surface area contributed by atoms with Gasteiger partial charge in [0.05, 0.1) is 17.6 Å². The van der Waals surface area contributed by atoms with Crippen molar-refractivity contribution in [3.05, 3.63) is 29.8 Å². The standard InChI is InChI=1S/C12H16N2O3S2/c1-9-8-14(5-6-17-9)19(15,16)11-4-2-3-10(7-11)12(13)18/h2-4,7,9H,5-6,8H2,1H3,(H2,13,18). The molecule has 1 aromatic rings. The van der Waals surface area contributed by atoms with Crippen molar-refractivity contribution in [3.8, 4) is 0 Å². The van der Waals surface area contributed by atoms with Crippen molar-refractivity contribution < 1.29 is 13.2 Å². The van der Waals surface area contributed by atoms with E-state index in [1.165, 1.54) is 10.4 Å². The summed E-state index contributed by atoms with van der Waals surface area (Å²) in [6.45, 7) is 2.99. The largest absolute Gasteiger partial charge is 0.389 e. The van der Waals surface area contributed by atoms with Crippen molar-refractivity contribution in [2.75, 3.05) is 19.7 Å². The third-order valence-electron chi connectivity index (χ3n) is 2.96. The van der Waals surface area contributed by atoms with Gasteiger partial charge in [0.1, 0.15) is 4.99 Å². The Hall–Kier alpha value is -1.02. The maximum absolute atomic E-state index is 12.5. The first-order valence-electron chi connectivity index (χ1n) is 5.93. The molecule has 0 radical (unpaired) electrons. The molecule has 5 nitrogen and oxygen atoms in total. The van der Waals surface area contributed by atoms with Gasteiger partial charge in [0.2, 0.25) is 10.0 Å². The van der Waals surface area contributed by atoms with Crippen LogP contribution in [-0.4, -0.2) is 43.5 Å². The minimum absolute atomic E-state index is 0.0951. The van der Waals surface area contributed by atoms with Gasteiger partial charge in [-0.25, -0.2) is 8.42 Å². The third kappa shape index (κ3) is 3.11. The summed E-state index contributed by atoms with van der Waals surface area (Å²) < 4.78 is 31.8. The molecule has 0 aliphatic carbocycles. The van der Waals surface area contributed by atoms with E-state index in [1.807, 2.05) is 6.92 Å². The Morgan fingerprint density at radius 2 is 2.26 bits per heavy atom. The van der Waals surface area contributed by atoms with Gasteiger partial charge in [0, 0.05) is 18.7 Å². The Morgan fingerprint density at radius 1 is 1.53 bits per heavy atom. The highest BCUT2D eigenvalue weighted by Gasteiger charge is 2.29. The third-order valence-corrected chi connectivity index (χ3v) is 5.06. The van der Waals surface area contributed by atoms with Crippen LogP contribution in [0, 0.1) is 0 Å². The lowest BCUT2D eigenvalue weighted by molar-refractivity contribution is 0.0102. The van der Waals surface area contributed by atoms with Crippen molar-refractivity contribution in [2.24, 2.45) is 5.73 Å². The van der Waals surface area contributed by atoms with E-state index in [4.69, 9.17) is 22.7 Å². The number of ether oxygens (including phenoxy) is 1. The van der Waals surface area contributed by atoms with Crippen molar-refractivity contribution >= 4 is 27.2 Å². The molecule has 0 amide bonds. The average Bonchev–Trinajstić information content (AvgIpc) is 2.39. The second-order valence-electron chi connectivity index (χ2n) is 4.44. The molecule has 1 aromatic carbocycles. The van der Waals surface area contributed by atoms with Crippen LogP contribution >= 0.6 is 12.2 Å². The molecule has 1 unspecified atom stereocenters. The number of nitrogens with zero attached hydrogens (tertiary/aromatic N) is 1. The molecule has 104 valence electrons. The zero-order chi connectivity index (χ0) is 14.0. The topological polar surface area (TPSA) is 72.6 Å². The minimum Gasteiger partial charge on any atom is -0.389 e. The fourth-order valence-corrected chi connectivity index (χ4v) is 3.64. The molecule has 0 spiro atoms. The van der Waals surface area contributed by atoms with Crippen LogP contribution in [0.1, 0.15) is 12.5 Å². The van der Waals surface area contributed by atoms with Gasteiger partial charge >= 0.3 is 0 Å². The summed E-state index contributed by atoms with van der Waals surface area (Å²) in [5.41, 5.74) is 6.08. The molecule has 0 saturated carbocycles. The van der Waals surface area contributed by atoms with Crippen molar-refractivity contribution in [2.45, 2.75) is 17.9 Å². The van der Waals surface area contributed by atoms with Gasteiger partial charge < -0.3 is 10.5 Å². The van der Waals surface area contributed by atoms with Crippen LogP contribution in [-0.2, 0) is 14.8 Å². The molecule has 1 aliphatic rings. The Balaban J connectivity index is 2.33. The molecule has 19 heavy (non-hydrogen) atoms. The van der Waals surface area contributed by atoms with Gasteiger partial charge in [0.25, 0.3) is 0 Å². The van der Waals surface area contributed by atoms with E-state index in [0.29, 0.717) is 25.3 Å². The summed E-state index contributed by atoms with van der Waals surface area (Å²) >= 11 is 4.87. The second kappa shape index (κ2) is 5.54. The molecule has 0 bridgehead atoms. The summed E-state index contributed by atoms with van der Waals surface area (Å²) in [4.78, 5) is 0.402. The van der Waals surface area contributed by atoms with Crippen LogP contribution in [0.4, 0.5) is 0 Å². The summed E-state index contributed by atoms with van der Waals surface area (Å²) in [5, 5.41) is 0. The molecular formula is C12H16N2O3S2. The lowest BCUT2D eigenvalue weighted by atomic mass is 10.2. The van der Waals surface area contributed by atoms with Crippen LogP contribution < -0.4 is 5.73 Å². The van der Waals surface area contributed by atoms with E-state index in [2.05, 4.69) is 0 Å². The molecule has 1 aliphatic heterocycles. The number of morpholine rings is 1. The fraction of sp³-hybridized carbons (Fsp3) is 0.417. The predicted octanol–water partition coefficient (Wildman–Crippen LogP) is 0.730. The molecule has 1 fully saturated rings. The van der Waals surface area contributed by atoms with E-state index in [0.717, 1.165) is 0 Å². The van der Waals surface area contributed by atoms with Crippen molar-refractivity contribution in [1.82, 2.24) is 4.31 Å².